The number of piperidine rings is 1. The number of rotatable bonds is 4. The maximum absolute atomic E-state index is 13.2. The van der Waals surface area contributed by atoms with Crippen molar-refractivity contribution in [3.8, 4) is 0 Å². The summed E-state index contributed by atoms with van der Waals surface area (Å²) in [5, 5.41) is 0. The van der Waals surface area contributed by atoms with Gasteiger partial charge in [-0.15, -0.1) is 0 Å². The summed E-state index contributed by atoms with van der Waals surface area (Å²) in [7, 11) is 0. The normalized spacial score (nSPS) is 16.5. The fourth-order valence-corrected chi connectivity index (χ4v) is 3.54. The summed E-state index contributed by atoms with van der Waals surface area (Å²) in [4.78, 5) is 25.6. The van der Waals surface area contributed by atoms with Crippen molar-refractivity contribution in [1.82, 2.24) is 24.4 Å². The maximum atomic E-state index is 13.2. The van der Waals surface area contributed by atoms with Crippen molar-refractivity contribution in [2.24, 2.45) is 5.92 Å². The van der Waals surface area contributed by atoms with Crippen molar-refractivity contribution in [3.05, 3.63) is 58.7 Å². The topological polar surface area (TPSA) is 66.8 Å². The Morgan fingerprint density at radius 1 is 1.28 bits per heavy atom. The Kier molecular flexibility index (Phi) is 4.31. The second-order valence-electron chi connectivity index (χ2n) is 6.65. The van der Waals surface area contributed by atoms with E-state index < -0.39 is 0 Å². The van der Waals surface area contributed by atoms with Crippen LogP contribution in [0.2, 0.25) is 0 Å². The number of nitrogens with zero attached hydrogens (tertiary/aromatic N) is 4. The number of hydrogen-bond acceptors (Lipinski definition) is 4. The third-order valence-corrected chi connectivity index (χ3v) is 4.84. The highest BCUT2D eigenvalue weighted by atomic mass is 19.1. The van der Waals surface area contributed by atoms with Crippen molar-refractivity contribution in [2.75, 3.05) is 13.1 Å². The van der Waals surface area contributed by atoms with Gasteiger partial charge in [-0.2, -0.15) is 0 Å². The lowest BCUT2D eigenvalue weighted by Crippen LogP contribution is -2.35. The third-order valence-electron chi connectivity index (χ3n) is 4.84. The van der Waals surface area contributed by atoms with E-state index in [4.69, 9.17) is 0 Å². The number of halogens is 1. The minimum atomic E-state index is -0.293. The summed E-state index contributed by atoms with van der Waals surface area (Å²) < 4.78 is 15.0. The number of aromatic amines is 1. The molecule has 0 bridgehead atoms. The largest absolute Gasteiger partial charge is 0.327 e. The molecule has 0 aliphatic carbocycles. The van der Waals surface area contributed by atoms with Crippen molar-refractivity contribution >= 4 is 11.2 Å². The molecule has 25 heavy (non-hydrogen) atoms. The number of fused-ring (bicyclic) bond motifs is 1. The Hall–Kier alpha value is -2.54. The van der Waals surface area contributed by atoms with Crippen LogP contribution in [0.5, 0.6) is 0 Å². The average Bonchev–Trinajstić information content (AvgIpc) is 2.92. The predicted molar refractivity (Wildman–Crippen MR) is 92.5 cm³/mol. The lowest BCUT2D eigenvalue weighted by Gasteiger charge is -2.31. The van der Waals surface area contributed by atoms with E-state index in [0.29, 0.717) is 19.0 Å². The highest BCUT2D eigenvalue weighted by Crippen LogP contribution is 2.21. The van der Waals surface area contributed by atoms with E-state index >= 15 is 0 Å². The highest BCUT2D eigenvalue weighted by Gasteiger charge is 2.21. The van der Waals surface area contributed by atoms with Crippen LogP contribution in [0.15, 0.2) is 41.6 Å². The SMILES string of the molecule is O=c1[nH]c2cccnc2n1CC1CCN(Cc2cncc(F)c2)CC1. The van der Waals surface area contributed by atoms with Gasteiger partial charge < -0.3 is 4.98 Å². The Morgan fingerprint density at radius 3 is 2.92 bits per heavy atom. The monoisotopic (exact) mass is 341 g/mol. The zero-order valence-corrected chi connectivity index (χ0v) is 13.9. The molecular formula is C18H20FN5O. The molecular weight excluding hydrogens is 321 g/mol. The Labute approximate surface area is 144 Å². The fraction of sp³-hybridized carbons (Fsp3) is 0.389. The highest BCUT2D eigenvalue weighted by molar-refractivity contribution is 5.69. The minimum Gasteiger partial charge on any atom is -0.304 e. The van der Waals surface area contributed by atoms with Crippen LogP contribution in [-0.2, 0) is 13.1 Å². The van der Waals surface area contributed by atoms with Crippen LogP contribution in [0.1, 0.15) is 18.4 Å². The Morgan fingerprint density at radius 2 is 2.12 bits per heavy atom. The maximum Gasteiger partial charge on any atom is 0.327 e. The van der Waals surface area contributed by atoms with Crippen LogP contribution in [0.25, 0.3) is 11.2 Å². The fourth-order valence-electron chi connectivity index (χ4n) is 3.54. The first-order valence-electron chi connectivity index (χ1n) is 8.54. The smallest absolute Gasteiger partial charge is 0.304 e. The molecule has 1 aliphatic rings. The molecule has 0 unspecified atom stereocenters. The average molecular weight is 341 g/mol. The van der Waals surface area contributed by atoms with E-state index in [1.165, 1.54) is 12.3 Å². The number of aromatic nitrogens is 4. The molecule has 1 fully saturated rings. The first-order chi connectivity index (χ1) is 12.2. The van der Waals surface area contributed by atoms with E-state index in [1.807, 2.05) is 12.1 Å². The van der Waals surface area contributed by atoms with Gasteiger partial charge in [0.1, 0.15) is 5.82 Å². The molecule has 0 radical (unpaired) electrons. The van der Waals surface area contributed by atoms with Crippen molar-refractivity contribution in [3.63, 3.8) is 0 Å². The minimum absolute atomic E-state index is 0.0954. The molecule has 3 aromatic heterocycles. The van der Waals surface area contributed by atoms with Gasteiger partial charge in [0.25, 0.3) is 0 Å². The number of H-pyrrole nitrogens is 1. The molecule has 0 atom stereocenters. The van der Waals surface area contributed by atoms with Crippen LogP contribution in [0, 0.1) is 11.7 Å². The zero-order chi connectivity index (χ0) is 17.2. The first kappa shape index (κ1) is 16.0. The van der Waals surface area contributed by atoms with Crippen molar-refractivity contribution < 1.29 is 4.39 Å². The first-order valence-corrected chi connectivity index (χ1v) is 8.54. The molecule has 0 aromatic carbocycles. The predicted octanol–water partition coefficient (Wildman–Crippen LogP) is 2.17. The van der Waals surface area contributed by atoms with E-state index in [0.717, 1.165) is 42.7 Å². The summed E-state index contributed by atoms with van der Waals surface area (Å²) in [5.41, 5.74) is 2.31. The van der Waals surface area contributed by atoms with Gasteiger partial charge in [0.2, 0.25) is 0 Å². The van der Waals surface area contributed by atoms with Gasteiger partial charge in [-0.1, -0.05) is 0 Å². The molecule has 7 heteroatoms. The number of pyridine rings is 2. The van der Waals surface area contributed by atoms with Crippen LogP contribution in [0.4, 0.5) is 4.39 Å². The molecule has 1 N–H and O–H groups in total. The molecule has 1 aliphatic heterocycles. The van der Waals surface area contributed by atoms with Gasteiger partial charge in [0, 0.05) is 25.5 Å². The number of likely N-dealkylation sites (tertiary alicyclic amines) is 1. The zero-order valence-electron chi connectivity index (χ0n) is 13.9. The van der Waals surface area contributed by atoms with Gasteiger partial charge in [-0.25, -0.2) is 14.2 Å². The van der Waals surface area contributed by atoms with Gasteiger partial charge >= 0.3 is 5.69 Å². The Bertz CT molecular complexity index is 926. The third kappa shape index (κ3) is 3.46. The molecule has 0 spiro atoms. The molecule has 0 saturated carbocycles. The van der Waals surface area contributed by atoms with Crippen LogP contribution in [-0.4, -0.2) is 37.5 Å². The lowest BCUT2D eigenvalue weighted by atomic mass is 9.96. The quantitative estimate of drug-likeness (QED) is 0.790. The van der Waals surface area contributed by atoms with Crippen LogP contribution < -0.4 is 5.69 Å². The Balaban J connectivity index is 1.39. The second kappa shape index (κ2) is 6.76. The summed E-state index contributed by atoms with van der Waals surface area (Å²) >= 11 is 0. The van der Waals surface area contributed by atoms with Crippen LogP contribution >= 0.6 is 0 Å². The standard InChI is InChI=1S/C18H20FN5O/c19-15-8-14(9-20-10-15)11-23-6-3-13(4-7-23)12-24-17-16(22-18(24)25)2-1-5-21-17/h1-2,5,8-10,13H,3-4,6-7,11-12H2,(H,22,25). The lowest BCUT2D eigenvalue weighted by molar-refractivity contribution is 0.167. The molecule has 3 aromatic rings. The van der Waals surface area contributed by atoms with E-state index in [-0.39, 0.29) is 11.5 Å². The second-order valence-corrected chi connectivity index (χ2v) is 6.65. The van der Waals surface area contributed by atoms with Gasteiger partial charge in [0.05, 0.1) is 11.7 Å². The van der Waals surface area contributed by atoms with Gasteiger partial charge in [-0.3, -0.25) is 14.5 Å². The summed E-state index contributed by atoms with van der Waals surface area (Å²) in [6.45, 7) is 3.27. The van der Waals surface area contributed by atoms with Crippen molar-refractivity contribution in [1.29, 1.82) is 0 Å². The summed E-state index contributed by atoms with van der Waals surface area (Å²) in [6.07, 6.45) is 6.67. The van der Waals surface area contributed by atoms with E-state index in [1.54, 1.807) is 17.0 Å². The summed E-state index contributed by atoms with van der Waals surface area (Å²) in [6, 6.07) is 5.23. The van der Waals surface area contributed by atoms with Crippen LogP contribution in [0.3, 0.4) is 0 Å². The number of hydrogen-bond donors (Lipinski definition) is 1. The summed E-state index contributed by atoms with van der Waals surface area (Å²) in [5.74, 6) is 0.152. The molecule has 0 amide bonds. The molecule has 6 nitrogen and oxygen atoms in total. The molecule has 4 rings (SSSR count). The molecule has 130 valence electrons. The molecule has 4 heterocycles. The van der Waals surface area contributed by atoms with E-state index in [2.05, 4.69) is 19.9 Å². The van der Waals surface area contributed by atoms with E-state index in [9.17, 15) is 9.18 Å². The molecule has 1 saturated heterocycles. The van der Waals surface area contributed by atoms with Gasteiger partial charge in [0.15, 0.2) is 5.65 Å². The van der Waals surface area contributed by atoms with Crippen molar-refractivity contribution in [2.45, 2.75) is 25.9 Å². The number of nitrogens with one attached hydrogen (secondary N) is 1. The number of imidazole rings is 1. The van der Waals surface area contributed by atoms with Gasteiger partial charge in [-0.05, 0) is 55.6 Å².